The average molecular weight is 410 g/mol. The molecule has 0 aromatic carbocycles. The van der Waals surface area contributed by atoms with Crippen LogP contribution in [0.15, 0.2) is 37.8 Å². The molecule has 2 atom stereocenters. The van der Waals surface area contributed by atoms with Crippen LogP contribution in [-0.2, 0) is 38.1 Å². The molecule has 2 aliphatic heterocycles. The molecule has 2 saturated heterocycles. The minimum Gasteiger partial charge on any atom is -0.461 e. The highest BCUT2D eigenvalue weighted by molar-refractivity contribution is 5.97. The molecule has 1 amide bonds. The maximum absolute atomic E-state index is 11.1. The second-order valence-corrected chi connectivity index (χ2v) is 5.63. The summed E-state index contributed by atoms with van der Waals surface area (Å²) < 4.78 is 18.2. The Labute approximate surface area is 166 Å². The van der Waals surface area contributed by atoms with Crippen LogP contribution in [0.4, 0.5) is 4.79 Å². The SMILES string of the molecule is C=CCOC(=O)CC[C@@H]1NC(=C)OC1=O.C=CCOC(=O)C[C@@H]1NC(=O)OC1=O. The zero-order valence-electron chi connectivity index (χ0n) is 15.6. The van der Waals surface area contributed by atoms with Gasteiger partial charge in [0.2, 0.25) is 0 Å². The number of cyclic esters (lactones) is 3. The van der Waals surface area contributed by atoms with E-state index in [4.69, 9.17) is 4.74 Å². The predicted octanol–water partition coefficient (Wildman–Crippen LogP) is 0.223. The van der Waals surface area contributed by atoms with Crippen molar-refractivity contribution < 1.29 is 42.9 Å². The number of ether oxygens (including phenoxy) is 4. The lowest BCUT2D eigenvalue weighted by molar-refractivity contribution is -0.146. The number of nitrogens with one attached hydrogen (secondary N) is 2. The largest absolute Gasteiger partial charge is 0.461 e. The molecule has 29 heavy (non-hydrogen) atoms. The molecule has 0 bridgehead atoms. The Bertz CT molecular complexity index is 701. The minimum atomic E-state index is -0.931. The third-order valence-corrected chi connectivity index (χ3v) is 3.35. The Morgan fingerprint density at radius 2 is 1.52 bits per heavy atom. The number of amides is 1. The van der Waals surface area contributed by atoms with Crippen LogP contribution >= 0.6 is 0 Å². The van der Waals surface area contributed by atoms with Gasteiger partial charge in [-0.1, -0.05) is 25.3 Å². The van der Waals surface area contributed by atoms with Gasteiger partial charge in [0.1, 0.15) is 25.3 Å². The summed E-state index contributed by atoms with van der Waals surface area (Å²) in [6.45, 7) is 10.5. The molecule has 2 heterocycles. The third-order valence-electron chi connectivity index (χ3n) is 3.35. The maximum atomic E-state index is 11.1. The molecule has 2 N–H and O–H groups in total. The van der Waals surface area contributed by atoms with Gasteiger partial charge < -0.3 is 29.6 Å². The van der Waals surface area contributed by atoms with Crippen molar-refractivity contribution in [2.45, 2.75) is 31.3 Å². The van der Waals surface area contributed by atoms with Gasteiger partial charge in [-0.2, -0.15) is 0 Å². The van der Waals surface area contributed by atoms with Gasteiger partial charge in [0.15, 0.2) is 5.88 Å². The summed E-state index contributed by atoms with van der Waals surface area (Å²) in [5, 5.41) is 4.89. The highest BCUT2D eigenvalue weighted by Crippen LogP contribution is 2.11. The molecule has 2 aliphatic rings. The first-order valence-electron chi connectivity index (χ1n) is 8.49. The van der Waals surface area contributed by atoms with E-state index in [1.165, 1.54) is 12.2 Å². The normalized spacial score (nSPS) is 19.6. The molecule has 11 heteroatoms. The summed E-state index contributed by atoms with van der Waals surface area (Å²) in [4.78, 5) is 54.6. The van der Waals surface area contributed by atoms with Crippen LogP contribution in [0.5, 0.6) is 0 Å². The number of alkyl carbamates (subject to hydrolysis) is 1. The van der Waals surface area contributed by atoms with E-state index >= 15 is 0 Å². The van der Waals surface area contributed by atoms with Gasteiger partial charge >= 0.3 is 30.0 Å². The number of rotatable bonds is 9. The molecular weight excluding hydrogens is 388 g/mol. The Morgan fingerprint density at radius 3 is 2.00 bits per heavy atom. The molecule has 0 saturated carbocycles. The van der Waals surface area contributed by atoms with E-state index in [0.29, 0.717) is 6.42 Å². The second-order valence-electron chi connectivity index (χ2n) is 5.63. The zero-order chi connectivity index (χ0) is 21.8. The lowest BCUT2D eigenvalue weighted by atomic mass is 10.2. The van der Waals surface area contributed by atoms with Crippen LogP contribution in [-0.4, -0.2) is 55.3 Å². The fourth-order valence-electron chi connectivity index (χ4n) is 2.06. The monoisotopic (exact) mass is 410 g/mol. The lowest BCUT2D eigenvalue weighted by Gasteiger charge is -2.05. The zero-order valence-corrected chi connectivity index (χ0v) is 15.6. The molecule has 0 unspecified atom stereocenters. The van der Waals surface area contributed by atoms with Gasteiger partial charge in [-0.15, -0.1) is 0 Å². The molecule has 11 nitrogen and oxygen atoms in total. The molecule has 0 radical (unpaired) electrons. The van der Waals surface area contributed by atoms with E-state index in [1.807, 2.05) is 0 Å². The van der Waals surface area contributed by atoms with Gasteiger partial charge in [-0.25, -0.2) is 14.4 Å². The van der Waals surface area contributed by atoms with Crippen molar-refractivity contribution in [3.8, 4) is 0 Å². The highest BCUT2D eigenvalue weighted by atomic mass is 16.6. The van der Waals surface area contributed by atoms with Crippen molar-refractivity contribution in [1.82, 2.24) is 10.6 Å². The van der Waals surface area contributed by atoms with Gasteiger partial charge in [0.05, 0.1) is 6.42 Å². The molecule has 2 rings (SSSR count). The minimum absolute atomic E-state index is 0.0779. The first-order chi connectivity index (χ1) is 13.8. The molecule has 2 fully saturated rings. The molecule has 0 aromatic rings. The highest BCUT2D eigenvalue weighted by Gasteiger charge is 2.34. The Morgan fingerprint density at radius 1 is 0.931 bits per heavy atom. The topological polar surface area (TPSA) is 146 Å². The van der Waals surface area contributed by atoms with Crippen molar-refractivity contribution in [2.24, 2.45) is 0 Å². The van der Waals surface area contributed by atoms with Gasteiger partial charge in [0.25, 0.3) is 0 Å². The van der Waals surface area contributed by atoms with Crippen LogP contribution in [0.1, 0.15) is 19.3 Å². The van der Waals surface area contributed by atoms with Gasteiger partial charge in [-0.05, 0) is 13.0 Å². The van der Waals surface area contributed by atoms with E-state index in [1.54, 1.807) is 0 Å². The van der Waals surface area contributed by atoms with E-state index < -0.39 is 36.1 Å². The number of carbonyl (C=O) groups is 5. The van der Waals surface area contributed by atoms with E-state index in [9.17, 15) is 24.0 Å². The summed E-state index contributed by atoms with van der Waals surface area (Å²) in [6, 6.07) is -1.42. The first-order valence-corrected chi connectivity index (χ1v) is 8.49. The van der Waals surface area contributed by atoms with Gasteiger partial charge in [0, 0.05) is 6.42 Å². The van der Waals surface area contributed by atoms with Crippen LogP contribution in [0.25, 0.3) is 0 Å². The van der Waals surface area contributed by atoms with Gasteiger partial charge in [-0.3, -0.25) is 9.59 Å². The number of hydrogen-bond acceptors (Lipinski definition) is 10. The van der Waals surface area contributed by atoms with Crippen LogP contribution < -0.4 is 10.6 Å². The van der Waals surface area contributed by atoms with Crippen molar-refractivity contribution >= 4 is 30.0 Å². The molecule has 158 valence electrons. The predicted molar refractivity (Wildman–Crippen MR) is 96.7 cm³/mol. The quantitative estimate of drug-likeness (QED) is 0.234. The van der Waals surface area contributed by atoms with Crippen molar-refractivity contribution in [3.63, 3.8) is 0 Å². The van der Waals surface area contributed by atoms with E-state index in [2.05, 4.69) is 44.6 Å². The average Bonchev–Trinajstić information content (AvgIpc) is 3.16. The number of hydrogen-bond donors (Lipinski definition) is 2. The Balaban J connectivity index is 0.000000291. The Kier molecular flexibility index (Phi) is 9.65. The van der Waals surface area contributed by atoms with Crippen molar-refractivity contribution in [3.05, 3.63) is 37.8 Å². The summed E-state index contributed by atoms with van der Waals surface area (Å²) in [6.07, 6.45) is 2.34. The summed E-state index contributed by atoms with van der Waals surface area (Å²) >= 11 is 0. The lowest BCUT2D eigenvalue weighted by Crippen LogP contribution is -2.31. The second kappa shape index (κ2) is 12.0. The maximum Gasteiger partial charge on any atom is 0.415 e. The van der Waals surface area contributed by atoms with E-state index in [-0.39, 0.29) is 37.9 Å². The fraction of sp³-hybridized carbons (Fsp3) is 0.389. The smallest absolute Gasteiger partial charge is 0.415 e. The van der Waals surface area contributed by atoms with Crippen LogP contribution in [0.2, 0.25) is 0 Å². The molecular formula is C18H22N2O9. The van der Waals surface area contributed by atoms with Crippen molar-refractivity contribution in [1.29, 1.82) is 0 Å². The molecule has 0 aliphatic carbocycles. The third kappa shape index (κ3) is 8.73. The van der Waals surface area contributed by atoms with Crippen molar-refractivity contribution in [2.75, 3.05) is 13.2 Å². The van der Waals surface area contributed by atoms with E-state index in [0.717, 1.165) is 0 Å². The van der Waals surface area contributed by atoms with Crippen LogP contribution in [0, 0.1) is 0 Å². The molecule has 0 spiro atoms. The van der Waals surface area contributed by atoms with Crippen LogP contribution in [0.3, 0.4) is 0 Å². The molecule has 0 aromatic heterocycles. The summed E-state index contributed by atoms with van der Waals surface area (Å²) in [5.74, 6) is -1.89. The first kappa shape index (κ1) is 23.4. The number of esters is 4. The summed E-state index contributed by atoms with van der Waals surface area (Å²) in [7, 11) is 0. The fourth-order valence-corrected chi connectivity index (χ4v) is 2.06. The Hall–Kier alpha value is -3.63. The summed E-state index contributed by atoms with van der Waals surface area (Å²) in [5.41, 5.74) is 0. The number of carbonyl (C=O) groups excluding carboxylic acids is 5. The standard InChI is InChI=1S/C10H13NO4.C8H9NO5/c1-3-6-14-9(12)5-4-8-10(13)15-7(2)11-8;1-2-3-13-6(10)4-5-7(11)14-8(12)9-5/h3,8,11H,1-2,4-6H2;2,5H,1,3-4H2,(H,9,12)/t8-;5-/m00/s1.